The first kappa shape index (κ1) is 13.1. The van der Waals surface area contributed by atoms with E-state index in [0.29, 0.717) is 23.9 Å². The molecule has 0 saturated heterocycles. The lowest BCUT2D eigenvalue weighted by Crippen LogP contribution is -2.39. The minimum atomic E-state index is 0.0398. The number of furan rings is 1. The fourth-order valence-electron chi connectivity index (χ4n) is 2.60. The summed E-state index contributed by atoms with van der Waals surface area (Å²) in [5.74, 6) is 1.49. The van der Waals surface area contributed by atoms with Crippen molar-refractivity contribution in [1.82, 2.24) is 4.90 Å². The van der Waals surface area contributed by atoms with Crippen molar-refractivity contribution in [2.45, 2.75) is 45.2 Å². The smallest absolute Gasteiger partial charge is 0.257 e. The fraction of sp³-hybridized carbons (Fsp3) is 0.643. The van der Waals surface area contributed by atoms with Gasteiger partial charge in [-0.15, -0.1) is 0 Å². The van der Waals surface area contributed by atoms with E-state index in [1.54, 1.807) is 6.07 Å². The predicted molar refractivity (Wildman–Crippen MR) is 70.1 cm³/mol. The minimum absolute atomic E-state index is 0.0398. The van der Waals surface area contributed by atoms with Crippen LogP contribution in [0.4, 0.5) is 0 Å². The third-order valence-electron chi connectivity index (χ3n) is 3.96. The first-order valence-corrected chi connectivity index (χ1v) is 6.66. The van der Waals surface area contributed by atoms with Gasteiger partial charge in [-0.1, -0.05) is 6.92 Å². The van der Waals surface area contributed by atoms with Crippen LogP contribution in [0.2, 0.25) is 0 Å². The Morgan fingerprint density at radius 3 is 2.67 bits per heavy atom. The van der Waals surface area contributed by atoms with Crippen LogP contribution >= 0.6 is 0 Å². The highest BCUT2D eigenvalue weighted by molar-refractivity contribution is 5.94. The van der Waals surface area contributed by atoms with Gasteiger partial charge in [-0.05, 0) is 37.7 Å². The quantitative estimate of drug-likeness (QED) is 0.896. The van der Waals surface area contributed by atoms with E-state index in [-0.39, 0.29) is 5.91 Å². The van der Waals surface area contributed by atoms with Crippen molar-refractivity contribution >= 4 is 5.91 Å². The largest absolute Gasteiger partial charge is 0.467 e. The summed E-state index contributed by atoms with van der Waals surface area (Å²) in [6, 6.07) is 2.11. The average molecular weight is 250 g/mol. The molecule has 100 valence electrons. The molecule has 1 aliphatic carbocycles. The van der Waals surface area contributed by atoms with Crippen LogP contribution in [0, 0.1) is 5.92 Å². The van der Waals surface area contributed by atoms with Gasteiger partial charge < -0.3 is 15.1 Å². The summed E-state index contributed by atoms with van der Waals surface area (Å²) in [4.78, 5) is 14.1. The van der Waals surface area contributed by atoms with E-state index in [0.717, 1.165) is 18.8 Å². The molecular formula is C14H22N2O2. The van der Waals surface area contributed by atoms with Crippen molar-refractivity contribution < 1.29 is 9.21 Å². The van der Waals surface area contributed by atoms with Gasteiger partial charge in [0.15, 0.2) is 0 Å². The molecule has 4 nitrogen and oxygen atoms in total. The van der Waals surface area contributed by atoms with Gasteiger partial charge in [0.05, 0.1) is 12.1 Å². The maximum atomic E-state index is 12.3. The van der Waals surface area contributed by atoms with E-state index in [1.807, 2.05) is 11.9 Å². The number of carbonyl (C=O) groups excluding carboxylic acids is 1. The molecule has 0 spiro atoms. The van der Waals surface area contributed by atoms with Crippen LogP contribution in [0.25, 0.3) is 0 Å². The zero-order valence-electron chi connectivity index (χ0n) is 11.2. The zero-order chi connectivity index (χ0) is 13.1. The molecule has 0 aromatic carbocycles. The van der Waals surface area contributed by atoms with E-state index in [1.165, 1.54) is 19.1 Å². The van der Waals surface area contributed by atoms with Gasteiger partial charge in [0.1, 0.15) is 12.0 Å². The monoisotopic (exact) mass is 250 g/mol. The summed E-state index contributed by atoms with van der Waals surface area (Å²) < 4.78 is 5.22. The third kappa shape index (κ3) is 2.75. The Morgan fingerprint density at radius 1 is 1.44 bits per heavy atom. The molecule has 1 amide bonds. The number of hydrogen-bond donors (Lipinski definition) is 1. The van der Waals surface area contributed by atoms with Crippen LogP contribution in [0.5, 0.6) is 0 Å². The maximum absolute atomic E-state index is 12.3. The number of nitrogens with zero attached hydrogens (tertiary/aromatic N) is 1. The fourth-order valence-corrected chi connectivity index (χ4v) is 2.60. The van der Waals surface area contributed by atoms with Crippen LogP contribution in [0.3, 0.4) is 0 Å². The minimum Gasteiger partial charge on any atom is -0.467 e. The lowest BCUT2D eigenvalue weighted by Gasteiger charge is -2.33. The molecule has 1 fully saturated rings. The molecule has 0 aliphatic heterocycles. The molecule has 1 heterocycles. The molecule has 18 heavy (non-hydrogen) atoms. The standard InChI is InChI=1S/C14H22N2O2/c1-10-3-5-12(6-4-10)16(2)14(17)11-7-13(8-15)18-9-11/h7,9-10,12H,3-6,8,15H2,1-2H3. The topological polar surface area (TPSA) is 59.5 Å². The van der Waals surface area contributed by atoms with Crippen molar-refractivity contribution in [1.29, 1.82) is 0 Å². The average Bonchev–Trinajstić information content (AvgIpc) is 2.86. The summed E-state index contributed by atoms with van der Waals surface area (Å²) in [6.07, 6.45) is 6.13. The molecule has 2 rings (SSSR count). The van der Waals surface area contributed by atoms with Crippen LogP contribution in [0.15, 0.2) is 16.7 Å². The van der Waals surface area contributed by atoms with Crippen molar-refractivity contribution in [2.24, 2.45) is 11.7 Å². The summed E-state index contributed by atoms with van der Waals surface area (Å²) in [5.41, 5.74) is 6.09. The molecule has 0 unspecified atom stereocenters. The third-order valence-corrected chi connectivity index (χ3v) is 3.96. The summed E-state index contributed by atoms with van der Waals surface area (Å²) in [7, 11) is 1.89. The normalized spacial score (nSPS) is 23.9. The van der Waals surface area contributed by atoms with Gasteiger partial charge in [-0.25, -0.2) is 0 Å². The molecule has 2 N–H and O–H groups in total. The molecule has 1 aliphatic rings. The second kappa shape index (κ2) is 5.57. The number of nitrogens with two attached hydrogens (primary N) is 1. The van der Waals surface area contributed by atoms with E-state index in [2.05, 4.69) is 6.92 Å². The Labute approximate surface area is 108 Å². The molecule has 0 radical (unpaired) electrons. The van der Waals surface area contributed by atoms with Crippen molar-refractivity contribution in [3.05, 3.63) is 23.7 Å². The molecule has 1 aromatic rings. The van der Waals surface area contributed by atoms with Gasteiger partial charge in [-0.2, -0.15) is 0 Å². The Morgan fingerprint density at radius 2 is 2.11 bits per heavy atom. The SMILES string of the molecule is CC1CCC(N(C)C(=O)c2coc(CN)c2)CC1. The Balaban J connectivity index is 1.99. The van der Waals surface area contributed by atoms with E-state index in [4.69, 9.17) is 10.2 Å². The number of carbonyl (C=O) groups is 1. The Hall–Kier alpha value is -1.29. The van der Waals surface area contributed by atoms with Crippen LogP contribution < -0.4 is 5.73 Å². The van der Waals surface area contributed by atoms with E-state index < -0.39 is 0 Å². The van der Waals surface area contributed by atoms with Gasteiger partial charge in [0, 0.05) is 13.1 Å². The van der Waals surface area contributed by atoms with Crippen molar-refractivity contribution in [3.8, 4) is 0 Å². The van der Waals surface area contributed by atoms with Crippen LogP contribution in [0.1, 0.15) is 48.7 Å². The molecule has 0 bridgehead atoms. The first-order chi connectivity index (χ1) is 8.61. The molecule has 4 heteroatoms. The zero-order valence-corrected chi connectivity index (χ0v) is 11.2. The van der Waals surface area contributed by atoms with Gasteiger partial charge in [0.25, 0.3) is 5.91 Å². The highest BCUT2D eigenvalue weighted by Gasteiger charge is 2.26. The summed E-state index contributed by atoms with van der Waals surface area (Å²) in [5, 5.41) is 0. The molecule has 0 atom stereocenters. The van der Waals surface area contributed by atoms with Crippen molar-refractivity contribution in [2.75, 3.05) is 7.05 Å². The number of amides is 1. The predicted octanol–water partition coefficient (Wildman–Crippen LogP) is 2.39. The number of rotatable bonds is 3. The lowest BCUT2D eigenvalue weighted by molar-refractivity contribution is 0.0679. The second-order valence-corrected chi connectivity index (χ2v) is 5.34. The lowest BCUT2D eigenvalue weighted by atomic mass is 9.86. The van der Waals surface area contributed by atoms with Gasteiger partial charge >= 0.3 is 0 Å². The Kier molecular flexibility index (Phi) is 4.07. The Bertz CT molecular complexity index is 406. The van der Waals surface area contributed by atoms with Crippen LogP contribution in [-0.4, -0.2) is 23.9 Å². The van der Waals surface area contributed by atoms with Gasteiger partial charge in [-0.3, -0.25) is 4.79 Å². The molecular weight excluding hydrogens is 228 g/mol. The van der Waals surface area contributed by atoms with E-state index in [9.17, 15) is 4.79 Å². The second-order valence-electron chi connectivity index (χ2n) is 5.34. The van der Waals surface area contributed by atoms with Gasteiger partial charge in [0.2, 0.25) is 0 Å². The van der Waals surface area contributed by atoms with Crippen LogP contribution in [-0.2, 0) is 6.54 Å². The maximum Gasteiger partial charge on any atom is 0.257 e. The molecule has 1 saturated carbocycles. The molecule has 1 aromatic heterocycles. The highest BCUT2D eigenvalue weighted by Crippen LogP contribution is 2.27. The summed E-state index contributed by atoms with van der Waals surface area (Å²) in [6.45, 7) is 2.61. The highest BCUT2D eigenvalue weighted by atomic mass is 16.3. The first-order valence-electron chi connectivity index (χ1n) is 6.66. The summed E-state index contributed by atoms with van der Waals surface area (Å²) >= 11 is 0. The van der Waals surface area contributed by atoms with E-state index >= 15 is 0 Å². The van der Waals surface area contributed by atoms with Crippen molar-refractivity contribution in [3.63, 3.8) is 0 Å². The number of hydrogen-bond acceptors (Lipinski definition) is 3.